The van der Waals surface area contributed by atoms with Gasteiger partial charge in [-0.1, -0.05) is 13.8 Å². The second-order valence-corrected chi connectivity index (χ2v) is 3.78. The third kappa shape index (κ3) is 2.62. The Balaban J connectivity index is 0.000001000. The van der Waals surface area contributed by atoms with E-state index in [0.717, 1.165) is 6.54 Å². The first-order chi connectivity index (χ1) is 4.67. The van der Waals surface area contributed by atoms with Gasteiger partial charge in [-0.2, -0.15) is 0 Å². The molecule has 0 aliphatic carbocycles. The number of piperidine rings is 1. The van der Waals surface area contributed by atoms with Gasteiger partial charge < -0.3 is 10.4 Å². The maximum atomic E-state index is 8.96. The summed E-state index contributed by atoms with van der Waals surface area (Å²) in [4.78, 5) is 0. The van der Waals surface area contributed by atoms with Gasteiger partial charge >= 0.3 is 0 Å². The Morgan fingerprint density at radius 2 is 2.18 bits per heavy atom. The Bertz CT molecular complexity index is 117. The van der Waals surface area contributed by atoms with Gasteiger partial charge in [0.1, 0.15) is 0 Å². The molecule has 1 heterocycles. The molecular weight excluding hydrogens is 162 g/mol. The average Bonchev–Trinajstić information content (AvgIpc) is 1.87. The number of halogens is 1. The van der Waals surface area contributed by atoms with Crippen LogP contribution < -0.4 is 5.32 Å². The van der Waals surface area contributed by atoms with Crippen molar-refractivity contribution < 1.29 is 5.11 Å². The van der Waals surface area contributed by atoms with E-state index in [2.05, 4.69) is 19.2 Å². The second kappa shape index (κ2) is 4.29. The van der Waals surface area contributed by atoms with Crippen molar-refractivity contribution in [1.82, 2.24) is 5.32 Å². The molecule has 11 heavy (non-hydrogen) atoms. The third-order valence-corrected chi connectivity index (χ3v) is 2.51. The van der Waals surface area contributed by atoms with Gasteiger partial charge in [0.05, 0.1) is 6.61 Å². The molecule has 0 bridgehead atoms. The fourth-order valence-electron chi connectivity index (χ4n) is 1.58. The zero-order chi connectivity index (χ0) is 7.61. The van der Waals surface area contributed by atoms with Crippen LogP contribution >= 0.6 is 12.4 Å². The van der Waals surface area contributed by atoms with Crippen LogP contribution in [0.1, 0.15) is 26.7 Å². The average molecular weight is 180 g/mol. The number of aliphatic hydroxyl groups is 1. The normalized spacial score (nSPS) is 29.2. The lowest BCUT2D eigenvalue weighted by Crippen LogP contribution is -2.48. The molecule has 0 radical (unpaired) electrons. The lowest BCUT2D eigenvalue weighted by molar-refractivity contribution is 0.112. The molecule has 68 valence electrons. The summed E-state index contributed by atoms with van der Waals surface area (Å²) in [6, 6.07) is 0.307. The first-order valence-corrected chi connectivity index (χ1v) is 4.01. The molecule has 3 heteroatoms. The summed E-state index contributed by atoms with van der Waals surface area (Å²) in [6.45, 7) is 5.75. The Hall–Kier alpha value is 0.210. The summed E-state index contributed by atoms with van der Waals surface area (Å²) >= 11 is 0. The van der Waals surface area contributed by atoms with Crippen LogP contribution in [0.15, 0.2) is 0 Å². The van der Waals surface area contributed by atoms with Crippen molar-refractivity contribution in [3.05, 3.63) is 0 Å². The van der Waals surface area contributed by atoms with Crippen LogP contribution in [0, 0.1) is 5.41 Å². The van der Waals surface area contributed by atoms with Crippen molar-refractivity contribution in [1.29, 1.82) is 0 Å². The zero-order valence-electron chi connectivity index (χ0n) is 7.26. The highest BCUT2D eigenvalue weighted by atomic mass is 35.5. The van der Waals surface area contributed by atoms with Crippen LogP contribution in [-0.2, 0) is 0 Å². The van der Waals surface area contributed by atoms with Gasteiger partial charge in [0.25, 0.3) is 0 Å². The quantitative estimate of drug-likeness (QED) is 0.634. The summed E-state index contributed by atoms with van der Waals surface area (Å²) < 4.78 is 0. The second-order valence-electron chi connectivity index (χ2n) is 3.78. The molecule has 0 spiro atoms. The zero-order valence-corrected chi connectivity index (χ0v) is 8.08. The molecule has 2 nitrogen and oxygen atoms in total. The highest BCUT2D eigenvalue weighted by Crippen LogP contribution is 2.29. The van der Waals surface area contributed by atoms with E-state index in [4.69, 9.17) is 5.11 Å². The minimum Gasteiger partial charge on any atom is -0.395 e. The number of aliphatic hydroxyl groups excluding tert-OH is 1. The summed E-state index contributed by atoms with van der Waals surface area (Å²) in [5.41, 5.74) is 0.285. The van der Waals surface area contributed by atoms with Crippen molar-refractivity contribution >= 4 is 12.4 Å². The fraction of sp³-hybridized carbons (Fsp3) is 1.00. The van der Waals surface area contributed by atoms with E-state index >= 15 is 0 Å². The molecule has 0 amide bonds. The maximum absolute atomic E-state index is 8.96. The monoisotopic (exact) mass is 179 g/mol. The van der Waals surface area contributed by atoms with Gasteiger partial charge in [0.2, 0.25) is 0 Å². The fourth-order valence-corrected chi connectivity index (χ4v) is 1.58. The SMILES string of the molecule is CC1(C)CCCNC1CO.Cl. The van der Waals surface area contributed by atoms with Crippen LogP contribution in [0.4, 0.5) is 0 Å². The van der Waals surface area contributed by atoms with Gasteiger partial charge in [-0.05, 0) is 24.8 Å². The van der Waals surface area contributed by atoms with Crippen LogP contribution in [0.25, 0.3) is 0 Å². The highest BCUT2D eigenvalue weighted by Gasteiger charge is 2.30. The molecule has 1 aliphatic rings. The molecule has 1 fully saturated rings. The molecule has 0 aromatic heterocycles. The van der Waals surface area contributed by atoms with Gasteiger partial charge in [0.15, 0.2) is 0 Å². The molecule has 1 rings (SSSR count). The van der Waals surface area contributed by atoms with E-state index in [9.17, 15) is 0 Å². The van der Waals surface area contributed by atoms with Crippen molar-refractivity contribution in [2.24, 2.45) is 5.41 Å². The molecule has 1 atom stereocenters. The van der Waals surface area contributed by atoms with Gasteiger partial charge in [-0.25, -0.2) is 0 Å². The molecule has 0 aromatic carbocycles. The smallest absolute Gasteiger partial charge is 0.0589 e. The lowest BCUT2D eigenvalue weighted by Gasteiger charge is -2.38. The van der Waals surface area contributed by atoms with Gasteiger partial charge in [-0.3, -0.25) is 0 Å². The molecule has 1 saturated heterocycles. The van der Waals surface area contributed by atoms with Crippen molar-refractivity contribution in [3.63, 3.8) is 0 Å². The minimum atomic E-state index is 0. The van der Waals surface area contributed by atoms with Crippen molar-refractivity contribution in [2.75, 3.05) is 13.2 Å². The highest BCUT2D eigenvalue weighted by molar-refractivity contribution is 5.85. The third-order valence-electron chi connectivity index (χ3n) is 2.51. The van der Waals surface area contributed by atoms with Crippen molar-refractivity contribution in [3.8, 4) is 0 Å². The van der Waals surface area contributed by atoms with Crippen LogP contribution in [0.5, 0.6) is 0 Å². The Labute approximate surface area is 74.8 Å². The van der Waals surface area contributed by atoms with Gasteiger partial charge in [0, 0.05) is 6.04 Å². The molecule has 0 saturated carbocycles. The summed E-state index contributed by atoms with van der Waals surface area (Å²) in [5, 5.41) is 12.3. The van der Waals surface area contributed by atoms with E-state index in [1.165, 1.54) is 12.8 Å². The topological polar surface area (TPSA) is 32.3 Å². The first-order valence-electron chi connectivity index (χ1n) is 4.01. The maximum Gasteiger partial charge on any atom is 0.0589 e. The van der Waals surface area contributed by atoms with E-state index in [1.54, 1.807) is 0 Å². The number of hydrogen-bond donors (Lipinski definition) is 2. The lowest BCUT2D eigenvalue weighted by atomic mass is 9.78. The first kappa shape index (κ1) is 11.2. The molecule has 1 unspecified atom stereocenters. The predicted molar refractivity (Wildman–Crippen MR) is 49.1 cm³/mol. The minimum absolute atomic E-state index is 0. The summed E-state index contributed by atoms with van der Waals surface area (Å²) in [6.07, 6.45) is 2.47. The van der Waals surface area contributed by atoms with Crippen LogP contribution in [-0.4, -0.2) is 24.3 Å². The van der Waals surface area contributed by atoms with E-state index in [-0.39, 0.29) is 24.4 Å². The number of rotatable bonds is 1. The Kier molecular flexibility index (Phi) is 4.37. The summed E-state index contributed by atoms with van der Waals surface area (Å²) in [5.74, 6) is 0. The predicted octanol–water partition coefficient (Wildman–Crippen LogP) is 1.18. The van der Waals surface area contributed by atoms with E-state index in [0.29, 0.717) is 6.04 Å². The number of nitrogens with one attached hydrogen (secondary N) is 1. The largest absolute Gasteiger partial charge is 0.395 e. The van der Waals surface area contributed by atoms with E-state index < -0.39 is 0 Å². The number of hydrogen-bond acceptors (Lipinski definition) is 2. The summed E-state index contributed by atoms with van der Waals surface area (Å²) in [7, 11) is 0. The molecule has 0 aromatic rings. The Morgan fingerprint density at radius 1 is 1.55 bits per heavy atom. The Morgan fingerprint density at radius 3 is 2.55 bits per heavy atom. The van der Waals surface area contributed by atoms with E-state index in [1.807, 2.05) is 0 Å². The molecular formula is C8H18ClNO. The molecule has 2 N–H and O–H groups in total. The standard InChI is InChI=1S/C8H17NO.ClH/c1-8(2)4-3-5-9-7(8)6-10;/h7,9-10H,3-6H2,1-2H3;1H. The van der Waals surface area contributed by atoms with Crippen molar-refractivity contribution in [2.45, 2.75) is 32.7 Å². The molecule has 1 aliphatic heterocycles. The van der Waals surface area contributed by atoms with Gasteiger partial charge in [-0.15, -0.1) is 12.4 Å². The van der Waals surface area contributed by atoms with Crippen LogP contribution in [0.3, 0.4) is 0 Å². The van der Waals surface area contributed by atoms with Crippen LogP contribution in [0.2, 0.25) is 0 Å².